The summed E-state index contributed by atoms with van der Waals surface area (Å²) in [6.45, 7) is 0. The van der Waals surface area contributed by atoms with Gasteiger partial charge in [-0.15, -0.1) is 0 Å². The van der Waals surface area contributed by atoms with E-state index in [9.17, 15) is 0 Å². The summed E-state index contributed by atoms with van der Waals surface area (Å²) < 4.78 is 0. The Balaban J connectivity index is 1.90. The van der Waals surface area contributed by atoms with Gasteiger partial charge >= 0.3 is 0 Å². The highest BCUT2D eigenvalue weighted by Gasteiger charge is 2.12. The van der Waals surface area contributed by atoms with E-state index >= 15 is 0 Å². The molecule has 0 saturated carbocycles. The lowest BCUT2D eigenvalue weighted by atomic mass is 9.94. The predicted molar refractivity (Wildman–Crippen MR) is 93.4 cm³/mol. The minimum Gasteiger partial charge on any atom is -0.398 e. The Labute approximate surface area is 131 Å². The third kappa shape index (κ3) is 3.18. The molecule has 22 heavy (non-hydrogen) atoms. The number of nitrogen functional groups attached to an aromatic ring is 1. The molecule has 3 rings (SSSR count). The summed E-state index contributed by atoms with van der Waals surface area (Å²) >= 11 is 0. The van der Waals surface area contributed by atoms with Crippen LogP contribution in [0.3, 0.4) is 0 Å². The molecular weight excluding hydrogens is 268 g/mol. The largest absolute Gasteiger partial charge is 0.398 e. The van der Waals surface area contributed by atoms with Crippen LogP contribution in [0.25, 0.3) is 11.1 Å². The molecule has 0 fully saturated rings. The van der Waals surface area contributed by atoms with Gasteiger partial charge in [-0.1, -0.05) is 66.7 Å². The molecule has 0 radical (unpaired) electrons. The molecule has 1 atom stereocenters. The smallest absolute Gasteiger partial charge is 0.0362 e. The van der Waals surface area contributed by atoms with Crippen molar-refractivity contribution in [3.05, 3.63) is 90.0 Å². The summed E-state index contributed by atoms with van der Waals surface area (Å²) in [5.41, 5.74) is 17.8. The van der Waals surface area contributed by atoms with Gasteiger partial charge in [0.15, 0.2) is 0 Å². The molecule has 3 aromatic carbocycles. The first kappa shape index (κ1) is 14.4. The summed E-state index contributed by atoms with van der Waals surface area (Å²) in [6.07, 6.45) is 0.781. The van der Waals surface area contributed by atoms with Crippen LogP contribution < -0.4 is 11.5 Å². The fourth-order valence-electron chi connectivity index (χ4n) is 2.68. The van der Waals surface area contributed by atoms with Crippen molar-refractivity contribution in [2.24, 2.45) is 5.73 Å². The van der Waals surface area contributed by atoms with Gasteiger partial charge in [-0.05, 0) is 40.8 Å². The van der Waals surface area contributed by atoms with E-state index in [4.69, 9.17) is 11.5 Å². The molecule has 3 aromatic rings. The Kier molecular flexibility index (Phi) is 4.22. The van der Waals surface area contributed by atoms with Crippen LogP contribution in [0.2, 0.25) is 0 Å². The molecule has 0 aliphatic rings. The van der Waals surface area contributed by atoms with E-state index in [2.05, 4.69) is 30.3 Å². The minimum atomic E-state index is -0.105. The van der Waals surface area contributed by atoms with Gasteiger partial charge in [-0.3, -0.25) is 0 Å². The van der Waals surface area contributed by atoms with Crippen LogP contribution in [0.5, 0.6) is 0 Å². The van der Waals surface area contributed by atoms with Gasteiger partial charge in [0.05, 0.1) is 0 Å². The molecule has 2 heteroatoms. The zero-order valence-electron chi connectivity index (χ0n) is 12.4. The van der Waals surface area contributed by atoms with Crippen molar-refractivity contribution in [3.63, 3.8) is 0 Å². The van der Waals surface area contributed by atoms with Crippen molar-refractivity contribution < 1.29 is 0 Å². The molecule has 0 bridgehead atoms. The quantitative estimate of drug-likeness (QED) is 0.708. The number of benzene rings is 3. The number of hydrogen-bond acceptors (Lipinski definition) is 2. The molecule has 0 spiro atoms. The van der Waals surface area contributed by atoms with Crippen molar-refractivity contribution in [1.29, 1.82) is 0 Å². The van der Waals surface area contributed by atoms with Gasteiger partial charge in [0, 0.05) is 11.7 Å². The van der Waals surface area contributed by atoms with Gasteiger partial charge in [-0.25, -0.2) is 0 Å². The lowest BCUT2D eigenvalue weighted by molar-refractivity contribution is 0.724. The van der Waals surface area contributed by atoms with E-state index in [-0.39, 0.29) is 6.04 Å². The Morgan fingerprint density at radius 3 is 2.05 bits per heavy atom. The Morgan fingerprint density at radius 1 is 0.727 bits per heavy atom. The van der Waals surface area contributed by atoms with Crippen LogP contribution in [0.15, 0.2) is 78.9 Å². The maximum Gasteiger partial charge on any atom is 0.0362 e. The van der Waals surface area contributed by atoms with E-state index in [1.807, 2.05) is 48.5 Å². The second kappa shape index (κ2) is 6.46. The monoisotopic (exact) mass is 288 g/mol. The molecule has 2 nitrogen and oxygen atoms in total. The van der Waals surface area contributed by atoms with Gasteiger partial charge in [0.25, 0.3) is 0 Å². The standard InChI is InChI=1S/C20H20N2/c21-19-12-11-17(16-9-5-2-6-10-16)14-18(19)20(22)13-15-7-3-1-4-8-15/h1-12,14,20H,13,21-22H2. The highest BCUT2D eigenvalue weighted by atomic mass is 14.7. The van der Waals surface area contributed by atoms with Crippen LogP contribution in [-0.2, 0) is 6.42 Å². The summed E-state index contributed by atoms with van der Waals surface area (Å²) in [7, 11) is 0. The maximum absolute atomic E-state index is 6.39. The highest BCUT2D eigenvalue weighted by molar-refractivity contribution is 5.68. The predicted octanol–water partition coefficient (Wildman–Crippen LogP) is 4.18. The van der Waals surface area contributed by atoms with E-state index in [1.54, 1.807) is 0 Å². The molecule has 0 aliphatic heterocycles. The number of hydrogen-bond donors (Lipinski definition) is 2. The third-order valence-corrected chi connectivity index (χ3v) is 3.89. The summed E-state index contributed by atoms with van der Waals surface area (Å²) in [5, 5.41) is 0. The summed E-state index contributed by atoms with van der Waals surface area (Å²) in [5.74, 6) is 0. The summed E-state index contributed by atoms with van der Waals surface area (Å²) in [6, 6.07) is 26.5. The Morgan fingerprint density at radius 2 is 1.36 bits per heavy atom. The van der Waals surface area contributed by atoms with Crippen molar-refractivity contribution in [3.8, 4) is 11.1 Å². The van der Waals surface area contributed by atoms with Gasteiger partial charge in [-0.2, -0.15) is 0 Å². The van der Waals surface area contributed by atoms with Crippen LogP contribution in [0, 0.1) is 0 Å². The molecule has 0 aliphatic carbocycles. The molecule has 110 valence electrons. The SMILES string of the molecule is Nc1ccc(-c2ccccc2)cc1C(N)Cc1ccccc1. The lowest BCUT2D eigenvalue weighted by Gasteiger charge is -2.16. The number of anilines is 1. The molecule has 0 heterocycles. The Hall–Kier alpha value is -2.58. The van der Waals surface area contributed by atoms with E-state index in [0.717, 1.165) is 23.2 Å². The highest BCUT2D eigenvalue weighted by Crippen LogP contribution is 2.28. The number of nitrogens with two attached hydrogens (primary N) is 2. The first-order valence-corrected chi connectivity index (χ1v) is 7.48. The molecule has 0 saturated heterocycles. The van der Waals surface area contributed by atoms with E-state index in [0.29, 0.717) is 0 Å². The molecule has 0 aromatic heterocycles. The van der Waals surface area contributed by atoms with Crippen LogP contribution in [0.1, 0.15) is 17.2 Å². The average molecular weight is 288 g/mol. The number of rotatable bonds is 4. The fourth-order valence-corrected chi connectivity index (χ4v) is 2.68. The zero-order valence-corrected chi connectivity index (χ0v) is 12.4. The Bertz CT molecular complexity index is 736. The van der Waals surface area contributed by atoms with Gasteiger partial charge in [0.1, 0.15) is 0 Å². The molecule has 0 amide bonds. The van der Waals surface area contributed by atoms with Crippen molar-refractivity contribution >= 4 is 5.69 Å². The van der Waals surface area contributed by atoms with Crippen molar-refractivity contribution in [2.75, 3.05) is 5.73 Å². The normalized spacial score (nSPS) is 12.0. The van der Waals surface area contributed by atoms with Crippen LogP contribution >= 0.6 is 0 Å². The van der Waals surface area contributed by atoms with Crippen LogP contribution in [-0.4, -0.2) is 0 Å². The second-order valence-corrected chi connectivity index (χ2v) is 5.51. The summed E-state index contributed by atoms with van der Waals surface area (Å²) in [4.78, 5) is 0. The van der Waals surface area contributed by atoms with E-state index in [1.165, 1.54) is 11.1 Å². The fraction of sp³-hybridized carbons (Fsp3) is 0.100. The first-order valence-electron chi connectivity index (χ1n) is 7.48. The lowest BCUT2D eigenvalue weighted by Crippen LogP contribution is -2.15. The zero-order chi connectivity index (χ0) is 15.4. The van der Waals surface area contributed by atoms with Gasteiger partial charge < -0.3 is 11.5 Å². The topological polar surface area (TPSA) is 52.0 Å². The maximum atomic E-state index is 6.39. The second-order valence-electron chi connectivity index (χ2n) is 5.51. The molecular formula is C20H20N2. The van der Waals surface area contributed by atoms with Crippen molar-refractivity contribution in [1.82, 2.24) is 0 Å². The van der Waals surface area contributed by atoms with Crippen LogP contribution in [0.4, 0.5) is 5.69 Å². The average Bonchev–Trinajstić information content (AvgIpc) is 2.57. The van der Waals surface area contributed by atoms with Gasteiger partial charge in [0.2, 0.25) is 0 Å². The van der Waals surface area contributed by atoms with Crippen molar-refractivity contribution in [2.45, 2.75) is 12.5 Å². The molecule has 4 N–H and O–H groups in total. The first-order chi connectivity index (χ1) is 10.7. The molecule has 1 unspecified atom stereocenters. The van der Waals surface area contributed by atoms with E-state index < -0.39 is 0 Å². The third-order valence-electron chi connectivity index (χ3n) is 3.89. The minimum absolute atomic E-state index is 0.105.